The summed E-state index contributed by atoms with van der Waals surface area (Å²) in [6, 6.07) is 27.1. The van der Waals surface area contributed by atoms with E-state index in [-0.39, 0.29) is 46.0 Å². The number of hydrogen-bond acceptors (Lipinski definition) is 10. The zero-order valence-corrected chi connectivity index (χ0v) is 36.3. The van der Waals surface area contributed by atoms with Crippen LogP contribution in [0.4, 0.5) is 0 Å². The minimum atomic E-state index is -0.812. The molecule has 2 heterocycles. The van der Waals surface area contributed by atoms with Crippen LogP contribution in [0.2, 0.25) is 0 Å². The van der Waals surface area contributed by atoms with Crippen molar-refractivity contribution in [3.8, 4) is 23.0 Å². The number of benzene rings is 4. The standard InChI is InChI=1S/C21H26BNO3.C14H14BNO3.C7H12O.C2H6O.B.Na.H/c24-22-21-11-10-20(12-18(21)15-25-22)26-19-8-6-17(7-9-19)14-23-13-16-4-2-1-3-5-16;16-8-10-1-3-12(4-2-10)19-13-5-6-14-11(7-13)9-18-15(14)17;8-6-7-4-2-1-3-5-7;1-2-3;;;/h6-12,16,23-24H,1-5,13-15H2;1-7,17H,8-9,16H2;6-7H,1-5H2;3H,2H2,1H3;;;/q;;;;;+1;-1. The van der Waals surface area contributed by atoms with E-state index in [0.29, 0.717) is 25.7 Å². The van der Waals surface area contributed by atoms with Gasteiger partial charge in [-0.2, -0.15) is 0 Å². The summed E-state index contributed by atoms with van der Waals surface area (Å²) in [5.74, 6) is 4.34. The summed E-state index contributed by atoms with van der Waals surface area (Å²) in [6.45, 7) is 5.33. The van der Waals surface area contributed by atoms with Gasteiger partial charge in [-0.25, -0.2) is 0 Å². The molecular weight excluding hydrogens is 740 g/mol. The normalized spacial score (nSPS) is 15.7. The molecule has 4 aromatic rings. The largest absolute Gasteiger partial charge is 1.00 e. The Hall–Kier alpha value is -2.94. The van der Waals surface area contributed by atoms with Crippen molar-refractivity contribution in [1.29, 1.82) is 0 Å². The van der Waals surface area contributed by atoms with Gasteiger partial charge < -0.3 is 51.2 Å². The van der Waals surface area contributed by atoms with Crippen LogP contribution in [0.3, 0.4) is 0 Å². The van der Waals surface area contributed by atoms with Crippen molar-refractivity contribution in [3.63, 3.8) is 0 Å². The van der Waals surface area contributed by atoms with Crippen LogP contribution in [0.1, 0.15) is 94.8 Å². The van der Waals surface area contributed by atoms with E-state index in [1.165, 1.54) is 56.9 Å². The molecule has 303 valence electrons. The quantitative estimate of drug-likeness (QED) is 0.120. The molecule has 6 N–H and O–H groups in total. The van der Waals surface area contributed by atoms with E-state index in [9.17, 15) is 14.8 Å². The number of ether oxygens (including phenoxy) is 2. The number of nitrogens with one attached hydrogen (secondary N) is 1. The van der Waals surface area contributed by atoms with Gasteiger partial charge in [0.1, 0.15) is 29.3 Å². The molecule has 0 atom stereocenters. The van der Waals surface area contributed by atoms with Crippen LogP contribution in [-0.2, 0) is 40.4 Å². The maximum absolute atomic E-state index is 10.2. The Morgan fingerprint density at radius 1 is 0.724 bits per heavy atom. The van der Waals surface area contributed by atoms with Crippen LogP contribution >= 0.6 is 0 Å². The van der Waals surface area contributed by atoms with E-state index in [4.69, 9.17) is 29.6 Å². The smallest absolute Gasteiger partial charge is 1.00 e. The third-order valence-corrected chi connectivity index (χ3v) is 10.4. The number of rotatable bonds is 10. The predicted octanol–water partition coefficient (Wildman–Crippen LogP) is 3.02. The number of aliphatic hydroxyl groups excluding tert-OH is 1. The second-order valence-electron chi connectivity index (χ2n) is 14.7. The summed E-state index contributed by atoms with van der Waals surface area (Å²) in [5.41, 5.74) is 11.5. The Morgan fingerprint density at radius 2 is 1.16 bits per heavy atom. The zero-order valence-electron chi connectivity index (χ0n) is 35.3. The van der Waals surface area contributed by atoms with Crippen molar-refractivity contribution >= 4 is 39.9 Å². The fourth-order valence-corrected chi connectivity index (χ4v) is 7.26. The Bertz CT molecular complexity index is 1770. The molecule has 0 spiro atoms. The second-order valence-corrected chi connectivity index (χ2v) is 14.7. The first kappa shape index (κ1) is 49.4. The predicted molar refractivity (Wildman–Crippen MR) is 229 cm³/mol. The molecular formula is C44H59B3N2NaO8. The molecule has 14 heteroatoms. The Labute approximate surface area is 371 Å². The number of carbonyl (C=O) groups excluding carboxylic acids is 1. The Balaban J connectivity index is 0.000000319. The zero-order chi connectivity index (χ0) is 39.5. The van der Waals surface area contributed by atoms with E-state index in [1.54, 1.807) is 6.92 Å². The third-order valence-electron chi connectivity index (χ3n) is 10.4. The molecule has 58 heavy (non-hydrogen) atoms. The molecule has 10 nitrogen and oxygen atoms in total. The third kappa shape index (κ3) is 15.9. The summed E-state index contributed by atoms with van der Waals surface area (Å²) in [5, 5.41) is 30.4. The van der Waals surface area contributed by atoms with Crippen molar-refractivity contribution in [2.45, 2.75) is 97.4 Å². The van der Waals surface area contributed by atoms with Gasteiger partial charge in [0.25, 0.3) is 0 Å². The SMILES string of the molecule is CCO.NCc1ccc(Oc2ccc3c(c2)COB3O)cc1.O=CC1CCCCC1.OB1OCc2cc(Oc3ccc(CNCC4CCCCC4)cc3)ccc21.[B].[H-].[Na+]. The topological polar surface area (TPSA) is 153 Å². The van der Waals surface area contributed by atoms with Crippen molar-refractivity contribution in [1.82, 2.24) is 5.32 Å². The van der Waals surface area contributed by atoms with Crippen molar-refractivity contribution in [2.24, 2.45) is 17.6 Å². The van der Waals surface area contributed by atoms with Gasteiger partial charge >= 0.3 is 43.8 Å². The van der Waals surface area contributed by atoms with Gasteiger partial charge in [0.05, 0.1) is 13.2 Å². The number of nitrogens with two attached hydrogens (primary N) is 1. The summed E-state index contributed by atoms with van der Waals surface area (Å²) in [6.07, 6.45) is 14.2. The summed E-state index contributed by atoms with van der Waals surface area (Å²) in [4.78, 5) is 10.2. The van der Waals surface area contributed by atoms with Gasteiger partial charge in [-0.15, -0.1) is 0 Å². The molecule has 0 unspecified atom stereocenters. The molecule has 4 aliphatic rings. The number of hydrogen-bond donors (Lipinski definition) is 5. The van der Waals surface area contributed by atoms with Crippen LogP contribution in [0.15, 0.2) is 84.9 Å². The summed E-state index contributed by atoms with van der Waals surface area (Å²) < 4.78 is 22.1. The van der Waals surface area contributed by atoms with Crippen molar-refractivity contribution in [2.75, 3.05) is 13.2 Å². The molecule has 0 amide bonds. The first-order valence-corrected chi connectivity index (χ1v) is 20.2. The summed E-state index contributed by atoms with van der Waals surface area (Å²) in [7, 11) is -1.62. The van der Waals surface area contributed by atoms with Gasteiger partial charge in [-0.1, -0.05) is 74.9 Å². The van der Waals surface area contributed by atoms with Gasteiger partial charge in [0, 0.05) is 34.0 Å². The van der Waals surface area contributed by atoms with Crippen LogP contribution in [0.25, 0.3) is 0 Å². The van der Waals surface area contributed by atoms with Gasteiger partial charge in [0.15, 0.2) is 0 Å². The first-order valence-electron chi connectivity index (χ1n) is 20.2. The molecule has 0 saturated heterocycles. The van der Waals surface area contributed by atoms with E-state index in [0.717, 1.165) is 88.7 Å². The van der Waals surface area contributed by atoms with Crippen LogP contribution in [0.5, 0.6) is 23.0 Å². The Morgan fingerprint density at radius 3 is 1.59 bits per heavy atom. The molecule has 0 aromatic heterocycles. The first-order chi connectivity index (χ1) is 27.4. The number of fused-ring (bicyclic) bond motifs is 2. The molecule has 2 fully saturated rings. The fraction of sp³-hybridized carbons (Fsp3) is 0.432. The van der Waals surface area contributed by atoms with Crippen LogP contribution in [-0.4, -0.2) is 57.2 Å². The number of aldehydes is 1. The molecule has 3 radical (unpaired) electrons. The Kier molecular flexibility index (Phi) is 23.0. The van der Waals surface area contributed by atoms with Gasteiger partial charge in [0.2, 0.25) is 0 Å². The van der Waals surface area contributed by atoms with E-state index in [1.807, 2.05) is 72.8 Å². The average Bonchev–Trinajstić information content (AvgIpc) is 3.80. The molecule has 2 aliphatic carbocycles. The van der Waals surface area contributed by atoms with E-state index in [2.05, 4.69) is 17.4 Å². The molecule has 4 aromatic carbocycles. The minimum absolute atomic E-state index is 0. The summed E-state index contributed by atoms with van der Waals surface area (Å²) >= 11 is 0. The van der Waals surface area contributed by atoms with Gasteiger partial charge in [-0.05, 0) is 127 Å². The molecule has 2 saturated carbocycles. The van der Waals surface area contributed by atoms with Crippen molar-refractivity contribution in [3.05, 3.63) is 107 Å². The minimum Gasteiger partial charge on any atom is -1.00 e. The second kappa shape index (κ2) is 27.0. The monoisotopic (exact) mass is 799 g/mol. The fourth-order valence-electron chi connectivity index (χ4n) is 7.26. The number of aliphatic hydroxyl groups is 1. The average molecular weight is 799 g/mol. The number of carbonyl (C=O) groups is 1. The maximum atomic E-state index is 10.2. The molecule has 0 bridgehead atoms. The van der Waals surface area contributed by atoms with Gasteiger partial charge in [-0.3, -0.25) is 0 Å². The van der Waals surface area contributed by atoms with Crippen LogP contribution < -0.4 is 61.0 Å². The van der Waals surface area contributed by atoms with Crippen molar-refractivity contribution < 1.29 is 69.7 Å². The van der Waals surface area contributed by atoms with E-state index < -0.39 is 14.2 Å². The molecule has 2 aliphatic heterocycles. The van der Waals surface area contributed by atoms with Crippen LogP contribution in [0, 0.1) is 11.8 Å². The molecule has 8 rings (SSSR count). The van der Waals surface area contributed by atoms with E-state index >= 15 is 0 Å². The maximum Gasteiger partial charge on any atom is 1.00 e.